The molecular weight excluding hydrogens is 184 g/mol. The van der Waals surface area contributed by atoms with Crippen LogP contribution in [0.15, 0.2) is 0 Å². The lowest BCUT2D eigenvalue weighted by atomic mass is 10.0. The second-order valence-corrected chi connectivity index (χ2v) is 5.78. The van der Waals surface area contributed by atoms with Gasteiger partial charge in [0.15, 0.2) is 0 Å². The lowest BCUT2D eigenvalue weighted by Gasteiger charge is -2.23. The van der Waals surface area contributed by atoms with E-state index in [-0.39, 0.29) is 0 Å². The van der Waals surface area contributed by atoms with Crippen LogP contribution >= 0.6 is 0 Å². The van der Waals surface area contributed by atoms with Gasteiger partial charge in [-0.3, -0.25) is 0 Å². The second kappa shape index (κ2) is 5.31. The fraction of sp³-hybridized carbons (Fsp3) is 1.00. The SMILES string of the molecule is CC1CCCN(CC2CCC(N)C2)CC1. The van der Waals surface area contributed by atoms with Crippen LogP contribution in [0.3, 0.4) is 0 Å². The van der Waals surface area contributed by atoms with E-state index in [0.29, 0.717) is 6.04 Å². The smallest absolute Gasteiger partial charge is 0.00420 e. The molecule has 1 aliphatic heterocycles. The van der Waals surface area contributed by atoms with E-state index in [1.807, 2.05) is 0 Å². The zero-order valence-electron chi connectivity index (χ0n) is 10.1. The van der Waals surface area contributed by atoms with Crippen LogP contribution in [-0.4, -0.2) is 30.6 Å². The third-order valence-electron chi connectivity index (χ3n) is 4.21. The summed E-state index contributed by atoms with van der Waals surface area (Å²) in [5.74, 6) is 1.84. The molecule has 3 atom stereocenters. The fourth-order valence-electron chi connectivity index (χ4n) is 3.15. The summed E-state index contributed by atoms with van der Waals surface area (Å²) in [6, 6.07) is 0.501. The summed E-state index contributed by atoms with van der Waals surface area (Å²) in [6.07, 6.45) is 8.13. The third kappa shape index (κ3) is 3.46. The minimum absolute atomic E-state index is 0.501. The van der Waals surface area contributed by atoms with E-state index in [1.54, 1.807) is 0 Å². The van der Waals surface area contributed by atoms with Gasteiger partial charge in [0.1, 0.15) is 0 Å². The third-order valence-corrected chi connectivity index (χ3v) is 4.21. The first-order valence-corrected chi connectivity index (χ1v) is 6.72. The van der Waals surface area contributed by atoms with Gasteiger partial charge in [0.25, 0.3) is 0 Å². The van der Waals surface area contributed by atoms with Gasteiger partial charge < -0.3 is 10.6 Å². The van der Waals surface area contributed by atoms with Crippen LogP contribution in [0.1, 0.15) is 45.4 Å². The van der Waals surface area contributed by atoms with Crippen molar-refractivity contribution >= 4 is 0 Å². The molecule has 88 valence electrons. The fourth-order valence-corrected chi connectivity index (χ4v) is 3.15. The molecule has 2 nitrogen and oxygen atoms in total. The topological polar surface area (TPSA) is 29.3 Å². The highest BCUT2D eigenvalue weighted by molar-refractivity contribution is 4.80. The highest BCUT2D eigenvalue weighted by Crippen LogP contribution is 2.26. The van der Waals surface area contributed by atoms with Gasteiger partial charge in [-0.05, 0) is 63.5 Å². The van der Waals surface area contributed by atoms with Crippen molar-refractivity contribution in [2.24, 2.45) is 17.6 Å². The van der Waals surface area contributed by atoms with Gasteiger partial charge in [-0.1, -0.05) is 6.92 Å². The largest absolute Gasteiger partial charge is 0.328 e. The van der Waals surface area contributed by atoms with E-state index in [2.05, 4.69) is 11.8 Å². The molecule has 1 aliphatic carbocycles. The Hall–Kier alpha value is -0.0800. The van der Waals surface area contributed by atoms with Crippen molar-refractivity contribution in [1.29, 1.82) is 0 Å². The molecule has 0 bridgehead atoms. The van der Waals surface area contributed by atoms with Crippen molar-refractivity contribution in [3.8, 4) is 0 Å². The predicted molar refractivity (Wildman–Crippen MR) is 64.8 cm³/mol. The second-order valence-electron chi connectivity index (χ2n) is 5.78. The summed E-state index contributed by atoms with van der Waals surface area (Å²) in [5, 5.41) is 0. The molecule has 2 fully saturated rings. The highest BCUT2D eigenvalue weighted by atomic mass is 15.1. The summed E-state index contributed by atoms with van der Waals surface area (Å²) in [7, 11) is 0. The minimum atomic E-state index is 0.501. The summed E-state index contributed by atoms with van der Waals surface area (Å²) in [4.78, 5) is 2.69. The molecule has 2 heteroatoms. The van der Waals surface area contributed by atoms with Crippen molar-refractivity contribution in [3.63, 3.8) is 0 Å². The zero-order chi connectivity index (χ0) is 10.7. The molecule has 1 saturated heterocycles. The van der Waals surface area contributed by atoms with Crippen LogP contribution in [0.5, 0.6) is 0 Å². The Kier molecular flexibility index (Phi) is 4.04. The molecule has 0 aromatic rings. The molecule has 2 aliphatic rings. The van der Waals surface area contributed by atoms with E-state index in [1.165, 1.54) is 58.2 Å². The molecule has 1 saturated carbocycles. The van der Waals surface area contributed by atoms with Gasteiger partial charge in [-0.25, -0.2) is 0 Å². The van der Waals surface area contributed by atoms with Gasteiger partial charge in [0, 0.05) is 12.6 Å². The summed E-state index contributed by atoms with van der Waals surface area (Å²) in [5.41, 5.74) is 5.96. The maximum atomic E-state index is 5.96. The Labute approximate surface area is 94.2 Å². The van der Waals surface area contributed by atoms with E-state index < -0.39 is 0 Å². The molecule has 3 unspecified atom stereocenters. The maximum Gasteiger partial charge on any atom is 0.00420 e. The average molecular weight is 210 g/mol. The van der Waals surface area contributed by atoms with Crippen molar-refractivity contribution in [1.82, 2.24) is 4.90 Å². The first-order valence-electron chi connectivity index (χ1n) is 6.72. The number of likely N-dealkylation sites (tertiary alicyclic amines) is 1. The van der Waals surface area contributed by atoms with Gasteiger partial charge in [-0.2, -0.15) is 0 Å². The van der Waals surface area contributed by atoms with Crippen LogP contribution in [-0.2, 0) is 0 Å². The van der Waals surface area contributed by atoms with Gasteiger partial charge in [-0.15, -0.1) is 0 Å². The van der Waals surface area contributed by atoms with E-state index in [9.17, 15) is 0 Å². The van der Waals surface area contributed by atoms with Gasteiger partial charge >= 0.3 is 0 Å². The van der Waals surface area contributed by atoms with Crippen molar-refractivity contribution in [2.75, 3.05) is 19.6 Å². The quantitative estimate of drug-likeness (QED) is 0.757. The molecule has 0 radical (unpaired) electrons. The molecular formula is C13H26N2. The lowest BCUT2D eigenvalue weighted by molar-refractivity contribution is 0.237. The van der Waals surface area contributed by atoms with Crippen LogP contribution in [0.2, 0.25) is 0 Å². The van der Waals surface area contributed by atoms with Crippen molar-refractivity contribution < 1.29 is 0 Å². The van der Waals surface area contributed by atoms with Crippen LogP contribution in [0.4, 0.5) is 0 Å². The van der Waals surface area contributed by atoms with Gasteiger partial charge in [0.05, 0.1) is 0 Å². The van der Waals surface area contributed by atoms with E-state index >= 15 is 0 Å². The molecule has 0 aromatic carbocycles. The number of hydrogen-bond acceptors (Lipinski definition) is 2. The highest BCUT2D eigenvalue weighted by Gasteiger charge is 2.24. The Morgan fingerprint density at radius 2 is 2.00 bits per heavy atom. The summed E-state index contributed by atoms with van der Waals surface area (Å²) in [6.45, 7) is 6.37. The maximum absolute atomic E-state index is 5.96. The van der Waals surface area contributed by atoms with E-state index in [4.69, 9.17) is 5.73 Å². The average Bonchev–Trinajstić information content (AvgIpc) is 2.48. The Morgan fingerprint density at radius 3 is 2.73 bits per heavy atom. The normalized spacial score (nSPS) is 39.2. The number of rotatable bonds is 2. The van der Waals surface area contributed by atoms with E-state index in [0.717, 1.165) is 11.8 Å². The molecule has 0 spiro atoms. The number of nitrogens with two attached hydrogens (primary N) is 1. The van der Waals surface area contributed by atoms with Crippen LogP contribution in [0.25, 0.3) is 0 Å². The lowest BCUT2D eigenvalue weighted by Crippen LogP contribution is -2.30. The first-order chi connectivity index (χ1) is 7.24. The first kappa shape index (κ1) is 11.4. The van der Waals surface area contributed by atoms with Gasteiger partial charge in [0.2, 0.25) is 0 Å². The molecule has 2 rings (SSSR count). The minimum Gasteiger partial charge on any atom is -0.328 e. The monoisotopic (exact) mass is 210 g/mol. The Morgan fingerprint density at radius 1 is 1.13 bits per heavy atom. The predicted octanol–water partition coefficient (Wildman–Crippen LogP) is 2.24. The zero-order valence-corrected chi connectivity index (χ0v) is 10.1. The Bertz CT molecular complexity index is 193. The standard InChI is InChI=1S/C13H26N2/c1-11-3-2-7-15(8-6-11)10-12-4-5-13(14)9-12/h11-13H,2-10,14H2,1H3. The van der Waals surface area contributed by atoms with Crippen molar-refractivity contribution in [3.05, 3.63) is 0 Å². The number of hydrogen-bond donors (Lipinski definition) is 1. The van der Waals surface area contributed by atoms with Crippen LogP contribution in [0, 0.1) is 11.8 Å². The Balaban J connectivity index is 1.74. The summed E-state index contributed by atoms with van der Waals surface area (Å²) >= 11 is 0. The number of nitrogens with zero attached hydrogens (tertiary/aromatic N) is 1. The molecule has 1 heterocycles. The molecule has 0 aromatic heterocycles. The van der Waals surface area contributed by atoms with Crippen LogP contribution < -0.4 is 5.73 Å². The molecule has 15 heavy (non-hydrogen) atoms. The summed E-state index contributed by atoms with van der Waals surface area (Å²) < 4.78 is 0. The molecule has 2 N–H and O–H groups in total. The molecule has 0 amide bonds. The van der Waals surface area contributed by atoms with Crippen molar-refractivity contribution in [2.45, 2.75) is 51.5 Å².